The zero-order valence-corrected chi connectivity index (χ0v) is 8.68. The van der Waals surface area contributed by atoms with Crippen molar-refractivity contribution < 1.29 is 4.79 Å². The lowest BCUT2D eigenvalue weighted by atomic mass is 9.90. The van der Waals surface area contributed by atoms with Crippen molar-refractivity contribution in [3.8, 4) is 0 Å². The predicted molar refractivity (Wildman–Crippen MR) is 52.0 cm³/mol. The minimum atomic E-state index is -0.651. The minimum Gasteiger partial charge on any atom is -0.319 e. The summed E-state index contributed by atoms with van der Waals surface area (Å²) in [5.41, 5.74) is 5.02. The highest BCUT2D eigenvalue weighted by molar-refractivity contribution is 5.87. The molecule has 1 atom stereocenters. The van der Waals surface area contributed by atoms with Crippen LogP contribution in [0.3, 0.4) is 0 Å². The lowest BCUT2D eigenvalue weighted by Gasteiger charge is -2.19. The summed E-state index contributed by atoms with van der Waals surface area (Å²) in [6.45, 7) is 7.78. The van der Waals surface area contributed by atoms with Gasteiger partial charge in [-0.05, 0) is 19.8 Å². The van der Waals surface area contributed by atoms with Crippen LogP contribution in [-0.4, -0.2) is 11.3 Å². The normalized spacial score (nSPS) is 14.4. The first-order chi connectivity index (χ1) is 5.38. The van der Waals surface area contributed by atoms with Crippen LogP contribution in [-0.2, 0) is 4.79 Å². The van der Waals surface area contributed by atoms with E-state index in [4.69, 9.17) is 5.73 Å². The van der Waals surface area contributed by atoms with Crippen LogP contribution >= 0.6 is 0 Å². The summed E-state index contributed by atoms with van der Waals surface area (Å²) in [6, 6.07) is 0. The first kappa shape index (κ1) is 11.6. The van der Waals surface area contributed by atoms with E-state index >= 15 is 0 Å². The second-order valence-electron chi connectivity index (χ2n) is 4.24. The molecule has 2 heteroatoms. The lowest BCUT2D eigenvalue weighted by Crippen LogP contribution is -2.42. The van der Waals surface area contributed by atoms with Crippen molar-refractivity contribution in [1.29, 1.82) is 0 Å². The van der Waals surface area contributed by atoms with Gasteiger partial charge >= 0.3 is 0 Å². The van der Waals surface area contributed by atoms with Gasteiger partial charge in [0.25, 0.3) is 0 Å². The fraction of sp³-hybridized carbons (Fsp3) is 0.900. The average Bonchev–Trinajstić information content (AvgIpc) is 1.85. The first-order valence-electron chi connectivity index (χ1n) is 4.70. The third-order valence-corrected chi connectivity index (χ3v) is 2.03. The van der Waals surface area contributed by atoms with Crippen molar-refractivity contribution in [2.45, 2.75) is 52.5 Å². The minimum absolute atomic E-state index is 0.170. The van der Waals surface area contributed by atoms with Gasteiger partial charge in [-0.15, -0.1) is 0 Å². The molecule has 72 valence electrons. The molecular formula is C10H21NO. The van der Waals surface area contributed by atoms with E-state index in [0.717, 1.165) is 12.8 Å². The van der Waals surface area contributed by atoms with E-state index in [-0.39, 0.29) is 5.78 Å². The molecule has 12 heavy (non-hydrogen) atoms. The molecule has 0 saturated heterocycles. The Balaban J connectivity index is 3.85. The number of carbonyl (C=O) groups excluding carboxylic acids is 1. The van der Waals surface area contributed by atoms with Gasteiger partial charge < -0.3 is 5.73 Å². The van der Waals surface area contributed by atoms with E-state index in [1.165, 1.54) is 0 Å². The molecule has 1 unspecified atom stereocenters. The topological polar surface area (TPSA) is 43.1 Å². The van der Waals surface area contributed by atoms with Crippen LogP contribution < -0.4 is 5.73 Å². The number of rotatable bonds is 5. The Morgan fingerprint density at radius 3 is 2.33 bits per heavy atom. The quantitative estimate of drug-likeness (QED) is 0.688. The molecule has 0 saturated carbocycles. The van der Waals surface area contributed by atoms with Crippen LogP contribution in [0, 0.1) is 5.92 Å². The lowest BCUT2D eigenvalue weighted by molar-refractivity contribution is -0.123. The van der Waals surface area contributed by atoms with E-state index in [1.54, 1.807) is 13.8 Å². The van der Waals surface area contributed by atoms with Crippen molar-refractivity contribution >= 4 is 5.78 Å². The largest absolute Gasteiger partial charge is 0.319 e. The maximum atomic E-state index is 11.4. The Labute approximate surface area is 75.5 Å². The standard InChI is InChI=1S/C10H21NO/c1-5-6-8(2)7-9(12)10(3,4)11/h8H,5-7,11H2,1-4H3. The monoisotopic (exact) mass is 171 g/mol. The zero-order valence-electron chi connectivity index (χ0n) is 8.68. The maximum absolute atomic E-state index is 11.4. The molecule has 0 bridgehead atoms. The highest BCUT2D eigenvalue weighted by Crippen LogP contribution is 2.14. The molecule has 2 nitrogen and oxygen atoms in total. The van der Waals surface area contributed by atoms with Gasteiger partial charge in [-0.2, -0.15) is 0 Å². The summed E-state index contributed by atoms with van der Waals surface area (Å²) in [7, 11) is 0. The van der Waals surface area contributed by atoms with Gasteiger partial charge in [0.15, 0.2) is 5.78 Å². The van der Waals surface area contributed by atoms with Gasteiger partial charge in [-0.1, -0.05) is 26.7 Å². The molecule has 0 aliphatic heterocycles. The number of ketones is 1. The molecule has 0 aliphatic rings. The summed E-state index contributed by atoms with van der Waals surface area (Å²) in [6.07, 6.45) is 2.87. The molecule has 0 aliphatic carbocycles. The van der Waals surface area contributed by atoms with Gasteiger partial charge in [-0.3, -0.25) is 4.79 Å². The summed E-state index contributed by atoms with van der Waals surface area (Å²) in [5.74, 6) is 0.647. The van der Waals surface area contributed by atoms with E-state index < -0.39 is 5.54 Å². The Bertz CT molecular complexity index is 146. The molecule has 0 radical (unpaired) electrons. The fourth-order valence-electron chi connectivity index (χ4n) is 1.17. The molecule has 0 aromatic rings. The molecule has 2 N–H and O–H groups in total. The van der Waals surface area contributed by atoms with Crippen molar-refractivity contribution in [2.24, 2.45) is 11.7 Å². The third-order valence-electron chi connectivity index (χ3n) is 2.03. The van der Waals surface area contributed by atoms with Crippen LogP contribution in [0.15, 0.2) is 0 Å². The third kappa shape index (κ3) is 4.50. The van der Waals surface area contributed by atoms with Crippen LogP contribution in [0.1, 0.15) is 47.0 Å². The SMILES string of the molecule is CCCC(C)CC(=O)C(C)(C)N. The van der Waals surface area contributed by atoms with Crippen molar-refractivity contribution in [3.05, 3.63) is 0 Å². The number of hydrogen-bond donors (Lipinski definition) is 1. The van der Waals surface area contributed by atoms with Gasteiger partial charge in [0.1, 0.15) is 0 Å². The average molecular weight is 171 g/mol. The summed E-state index contributed by atoms with van der Waals surface area (Å²) in [4.78, 5) is 11.4. The van der Waals surface area contributed by atoms with Gasteiger partial charge in [-0.25, -0.2) is 0 Å². The van der Waals surface area contributed by atoms with Gasteiger partial charge in [0, 0.05) is 6.42 Å². The molecule has 0 fully saturated rings. The second-order valence-corrected chi connectivity index (χ2v) is 4.24. The van der Waals surface area contributed by atoms with E-state index in [9.17, 15) is 4.79 Å². The Morgan fingerprint density at radius 1 is 1.50 bits per heavy atom. The first-order valence-corrected chi connectivity index (χ1v) is 4.70. The maximum Gasteiger partial charge on any atom is 0.152 e. The van der Waals surface area contributed by atoms with Crippen LogP contribution in [0.5, 0.6) is 0 Å². The van der Waals surface area contributed by atoms with Gasteiger partial charge in [0.05, 0.1) is 5.54 Å². The molecule has 0 rings (SSSR count). The van der Waals surface area contributed by atoms with Crippen LogP contribution in [0.4, 0.5) is 0 Å². The van der Waals surface area contributed by atoms with Gasteiger partial charge in [0.2, 0.25) is 0 Å². The van der Waals surface area contributed by atoms with E-state index in [0.29, 0.717) is 12.3 Å². The Kier molecular flexibility index (Phi) is 4.46. The van der Waals surface area contributed by atoms with Crippen LogP contribution in [0.25, 0.3) is 0 Å². The number of hydrogen-bond acceptors (Lipinski definition) is 2. The highest BCUT2D eigenvalue weighted by Gasteiger charge is 2.22. The highest BCUT2D eigenvalue weighted by atomic mass is 16.1. The van der Waals surface area contributed by atoms with Crippen LogP contribution in [0.2, 0.25) is 0 Å². The molecular weight excluding hydrogens is 150 g/mol. The zero-order chi connectivity index (χ0) is 9.78. The molecule has 0 amide bonds. The molecule has 0 heterocycles. The second kappa shape index (κ2) is 4.61. The van der Waals surface area contributed by atoms with Crippen molar-refractivity contribution in [3.63, 3.8) is 0 Å². The Hall–Kier alpha value is -0.370. The number of nitrogens with two attached hydrogens (primary N) is 1. The van der Waals surface area contributed by atoms with Crippen molar-refractivity contribution in [2.75, 3.05) is 0 Å². The van der Waals surface area contributed by atoms with E-state index in [2.05, 4.69) is 13.8 Å². The summed E-state index contributed by atoms with van der Waals surface area (Å²) in [5, 5.41) is 0. The molecule has 0 aromatic heterocycles. The van der Waals surface area contributed by atoms with Crippen molar-refractivity contribution in [1.82, 2.24) is 0 Å². The number of Topliss-reactive ketones (excluding diaryl/α,β-unsaturated/α-hetero) is 1. The van der Waals surface area contributed by atoms with E-state index in [1.807, 2.05) is 0 Å². The number of carbonyl (C=O) groups is 1. The summed E-state index contributed by atoms with van der Waals surface area (Å²) < 4.78 is 0. The Morgan fingerprint density at radius 2 is 2.00 bits per heavy atom. The predicted octanol–water partition coefficient (Wildman–Crippen LogP) is 2.12. The smallest absolute Gasteiger partial charge is 0.152 e. The fourth-order valence-corrected chi connectivity index (χ4v) is 1.17. The molecule has 0 aromatic carbocycles. The summed E-state index contributed by atoms with van der Waals surface area (Å²) >= 11 is 0. The molecule has 0 spiro atoms.